The Morgan fingerprint density at radius 3 is 1.85 bits per heavy atom. The van der Waals surface area contributed by atoms with Crippen molar-refractivity contribution in [3.63, 3.8) is 0 Å². The molecule has 0 saturated heterocycles. The summed E-state index contributed by atoms with van der Waals surface area (Å²) in [5.41, 5.74) is 5.44. The van der Waals surface area contributed by atoms with Gasteiger partial charge in [0.1, 0.15) is 12.1 Å². The van der Waals surface area contributed by atoms with E-state index in [1.807, 2.05) is 0 Å². The van der Waals surface area contributed by atoms with Gasteiger partial charge >= 0.3 is 11.9 Å². The minimum atomic E-state index is -1.02. The summed E-state index contributed by atoms with van der Waals surface area (Å²) in [7, 11) is 0. The predicted molar refractivity (Wildman–Crippen MR) is 165 cm³/mol. The second kappa shape index (κ2) is 28.6. The third kappa shape index (κ3) is 25.1. The SMILES string of the molecule is CCCC/C=C\C(CCCCCCC(=O)NC(CCCN)C(=O)O)OC(=O)CCCCCCCCCCCCC. The summed E-state index contributed by atoms with van der Waals surface area (Å²) in [6, 6.07) is -0.865. The number of hydrogen-bond acceptors (Lipinski definition) is 5. The van der Waals surface area contributed by atoms with Crippen LogP contribution in [0.15, 0.2) is 12.2 Å². The van der Waals surface area contributed by atoms with Crippen LogP contribution in [0.2, 0.25) is 0 Å². The first kappa shape index (κ1) is 38.1. The summed E-state index contributed by atoms with van der Waals surface area (Å²) in [4.78, 5) is 35.8. The lowest BCUT2D eigenvalue weighted by molar-refractivity contribution is -0.147. The maximum absolute atomic E-state index is 12.5. The van der Waals surface area contributed by atoms with Crippen molar-refractivity contribution in [3.8, 4) is 0 Å². The highest BCUT2D eigenvalue weighted by atomic mass is 16.5. The molecule has 0 radical (unpaired) electrons. The maximum atomic E-state index is 12.5. The molecular weight excluding hydrogens is 504 g/mol. The highest BCUT2D eigenvalue weighted by molar-refractivity contribution is 5.83. The van der Waals surface area contributed by atoms with E-state index in [1.165, 1.54) is 57.8 Å². The van der Waals surface area contributed by atoms with Gasteiger partial charge in [-0.25, -0.2) is 4.79 Å². The summed E-state index contributed by atoms with van der Waals surface area (Å²) in [5.74, 6) is -1.34. The summed E-state index contributed by atoms with van der Waals surface area (Å²) < 4.78 is 5.81. The molecule has 0 saturated carbocycles. The molecule has 0 aromatic carbocycles. The van der Waals surface area contributed by atoms with Crippen LogP contribution in [0.5, 0.6) is 0 Å². The van der Waals surface area contributed by atoms with E-state index in [0.717, 1.165) is 57.8 Å². The van der Waals surface area contributed by atoms with E-state index in [4.69, 9.17) is 10.5 Å². The van der Waals surface area contributed by atoms with Crippen LogP contribution in [0.25, 0.3) is 0 Å². The van der Waals surface area contributed by atoms with Crippen LogP contribution >= 0.6 is 0 Å². The smallest absolute Gasteiger partial charge is 0.326 e. The molecule has 4 N–H and O–H groups in total. The van der Waals surface area contributed by atoms with Gasteiger partial charge in [-0.15, -0.1) is 0 Å². The number of unbranched alkanes of at least 4 members (excludes halogenated alkanes) is 15. The van der Waals surface area contributed by atoms with Gasteiger partial charge in [0, 0.05) is 12.8 Å². The molecular formula is C33H62N2O5. The molecule has 0 spiro atoms. The third-order valence-corrected chi connectivity index (χ3v) is 7.32. The number of carbonyl (C=O) groups excluding carboxylic acids is 2. The molecule has 0 aliphatic heterocycles. The van der Waals surface area contributed by atoms with Crippen molar-refractivity contribution in [2.45, 2.75) is 174 Å². The first-order chi connectivity index (χ1) is 19.4. The van der Waals surface area contributed by atoms with Crippen LogP contribution in [0.3, 0.4) is 0 Å². The minimum Gasteiger partial charge on any atom is -0.480 e. The molecule has 1 amide bonds. The Morgan fingerprint density at radius 2 is 1.27 bits per heavy atom. The van der Waals surface area contributed by atoms with Gasteiger partial charge in [0.05, 0.1) is 0 Å². The molecule has 0 aliphatic rings. The van der Waals surface area contributed by atoms with Crippen molar-refractivity contribution in [1.82, 2.24) is 5.32 Å². The van der Waals surface area contributed by atoms with Crippen LogP contribution in [0.4, 0.5) is 0 Å². The maximum Gasteiger partial charge on any atom is 0.326 e. The molecule has 2 atom stereocenters. The zero-order valence-corrected chi connectivity index (χ0v) is 25.9. The number of carboxylic acids is 1. The lowest BCUT2D eigenvalue weighted by Crippen LogP contribution is -2.40. The van der Waals surface area contributed by atoms with Crippen molar-refractivity contribution in [1.29, 1.82) is 0 Å². The van der Waals surface area contributed by atoms with E-state index < -0.39 is 12.0 Å². The molecule has 40 heavy (non-hydrogen) atoms. The normalized spacial score (nSPS) is 12.9. The van der Waals surface area contributed by atoms with Crippen LogP contribution in [0, 0.1) is 0 Å². The van der Waals surface area contributed by atoms with Gasteiger partial charge in [0.2, 0.25) is 5.91 Å². The Kier molecular flexibility index (Phi) is 27.3. The standard InChI is InChI=1S/C33H62N2O5/c1-3-5-7-9-10-11-12-13-14-15-21-27-32(37)40-29(23-18-8-6-4-2)24-19-16-17-20-26-31(36)35-30(33(38)39)25-22-28-34/h18,23,29-30H,3-17,19-22,24-28,34H2,1-2H3,(H,35,36)(H,38,39)/b23-18-. The van der Waals surface area contributed by atoms with E-state index in [1.54, 1.807) is 0 Å². The zero-order chi connectivity index (χ0) is 29.7. The molecule has 0 aliphatic carbocycles. The number of nitrogens with two attached hydrogens (primary N) is 1. The molecule has 0 aromatic heterocycles. The van der Waals surface area contributed by atoms with Gasteiger partial charge in [-0.1, -0.05) is 110 Å². The topological polar surface area (TPSA) is 119 Å². The van der Waals surface area contributed by atoms with Crippen LogP contribution in [-0.2, 0) is 19.1 Å². The summed E-state index contributed by atoms with van der Waals surface area (Å²) in [6.07, 6.45) is 27.1. The number of rotatable bonds is 29. The Balaban J connectivity index is 4.15. The first-order valence-electron chi connectivity index (χ1n) is 16.5. The number of amides is 1. The number of carbonyl (C=O) groups is 3. The average Bonchev–Trinajstić information content (AvgIpc) is 2.93. The molecule has 0 heterocycles. The van der Waals surface area contributed by atoms with Crippen molar-refractivity contribution in [3.05, 3.63) is 12.2 Å². The fourth-order valence-electron chi connectivity index (χ4n) is 4.76. The molecule has 0 aromatic rings. The highest BCUT2D eigenvalue weighted by Gasteiger charge is 2.18. The molecule has 7 heteroatoms. The van der Waals surface area contributed by atoms with Crippen molar-refractivity contribution in [2.24, 2.45) is 5.73 Å². The Bertz CT molecular complexity index is 653. The predicted octanol–water partition coefficient (Wildman–Crippen LogP) is 7.99. The van der Waals surface area contributed by atoms with Crippen molar-refractivity contribution >= 4 is 17.8 Å². The summed E-state index contributed by atoms with van der Waals surface area (Å²) >= 11 is 0. The van der Waals surface area contributed by atoms with Gasteiger partial charge in [-0.3, -0.25) is 9.59 Å². The van der Waals surface area contributed by atoms with Gasteiger partial charge < -0.3 is 20.9 Å². The molecule has 0 bridgehead atoms. The lowest BCUT2D eigenvalue weighted by Gasteiger charge is -2.15. The zero-order valence-electron chi connectivity index (χ0n) is 25.9. The van der Waals surface area contributed by atoms with E-state index in [0.29, 0.717) is 38.6 Å². The average molecular weight is 567 g/mol. The van der Waals surface area contributed by atoms with E-state index >= 15 is 0 Å². The molecule has 234 valence electrons. The largest absolute Gasteiger partial charge is 0.480 e. The van der Waals surface area contributed by atoms with Crippen LogP contribution < -0.4 is 11.1 Å². The Labute approximate surface area is 245 Å². The lowest BCUT2D eigenvalue weighted by atomic mass is 10.1. The number of hydrogen-bond donors (Lipinski definition) is 3. The number of esters is 1. The number of aliphatic carboxylic acids is 1. The van der Waals surface area contributed by atoms with E-state index in [2.05, 4.69) is 31.3 Å². The second-order valence-electron chi connectivity index (χ2n) is 11.2. The van der Waals surface area contributed by atoms with Crippen LogP contribution in [0.1, 0.15) is 162 Å². The minimum absolute atomic E-state index is 0.0969. The monoisotopic (exact) mass is 566 g/mol. The number of allylic oxidation sites excluding steroid dienone is 1. The molecule has 2 unspecified atom stereocenters. The van der Waals surface area contributed by atoms with Gasteiger partial charge in [0.25, 0.3) is 0 Å². The summed E-state index contributed by atoms with van der Waals surface area (Å²) in [5, 5.41) is 11.8. The first-order valence-corrected chi connectivity index (χ1v) is 16.5. The quantitative estimate of drug-likeness (QED) is 0.0479. The van der Waals surface area contributed by atoms with E-state index in [-0.39, 0.29) is 18.0 Å². The second-order valence-corrected chi connectivity index (χ2v) is 11.2. The number of carboxylic acid groups (broad SMARTS) is 1. The Morgan fingerprint density at radius 1 is 0.725 bits per heavy atom. The third-order valence-electron chi connectivity index (χ3n) is 7.32. The Hall–Kier alpha value is -1.89. The number of nitrogens with one attached hydrogen (secondary N) is 1. The van der Waals surface area contributed by atoms with Crippen LogP contribution in [-0.4, -0.2) is 41.6 Å². The van der Waals surface area contributed by atoms with Gasteiger partial charge in [0.15, 0.2) is 0 Å². The fourth-order valence-corrected chi connectivity index (χ4v) is 4.76. The summed E-state index contributed by atoms with van der Waals surface area (Å²) in [6.45, 7) is 4.83. The molecule has 0 fully saturated rings. The van der Waals surface area contributed by atoms with Crippen molar-refractivity contribution in [2.75, 3.05) is 6.54 Å². The van der Waals surface area contributed by atoms with E-state index in [9.17, 15) is 19.5 Å². The number of ether oxygens (including phenoxy) is 1. The molecule has 0 rings (SSSR count). The highest BCUT2D eigenvalue weighted by Crippen LogP contribution is 2.15. The van der Waals surface area contributed by atoms with Gasteiger partial charge in [-0.2, -0.15) is 0 Å². The van der Waals surface area contributed by atoms with Crippen molar-refractivity contribution < 1.29 is 24.2 Å². The van der Waals surface area contributed by atoms with Gasteiger partial charge in [-0.05, 0) is 57.6 Å². The molecule has 7 nitrogen and oxygen atoms in total. The fraction of sp³-hybridized carbons (Fsp3) is 0.848.